The van der Waals surface area contributed by atoms with Crippen molar-refractivity contribution >= 4 is 50.9 Å². The number of sulfonamides is 1. The summed E-state index contributed by atoms with van der Waals surface area (Å²) in [5, 5.41) is 3.04. The zero-order chi connectivity index (χ0) is 37.9. The quantitative estimate of drug-likeness (QED) is 0.244. The number of piperazine rings is 1. The van der Waals surface area contributed by atoms with Gasteiger partial charge in [0.25, 0.3) is 17.7 Å². The fourth-order valence-electron chi connectivity index (χ4n) is 9.07. The minimum Gasteiger partial charge on any atom is -0.365 e. The topological polar surface area (TPSA) is 172 Å². The molecule has 4 heterocycles. The number of alkyl halides is 2. The van der Waals surface area contributed by atoms with Crippen LogP contribution < -0.4 is 26.6 Å². The number of likely N-dealkylation sites (tertiary alicyclic amines) is 1. The van der Waals surface area contributed by atoms with E-state index in [9.17, 15) is 22.8 Å². The van der Waals surface area contributed by atoms with Gasteiger partial charge in [0, 0.05) is 80.2 Å². The molecule has 3 atom stereocenters. The molecule has 7 rings (SSSR count). The number of carbonyl (C=O) groups excluding carboxylic acids is 3. The summed E-state index contributed by atoms with van der Waals surface area (Å²) in [6.45, 7) is 1.88. The second-order valence-corrected chi connectivity index (χ2v) is 18.4. The SMILES string of the molecule is C[N@@+]1(CC(N)=O)CC2(CC2)C[C@H]1C(=O)NC1CCC(C(F)(F)c2cc(Cl)nc(N3CCN(S(=O)(=O)c4ccc(N5C[C@H](N)CC5=O)cc4)CC3)c2)CC1. The van der Waals surface area contributed by atoms with Gasteiger partial charge < -0.3 is 31.1 Å². The van der Waals surface area contributed by atoms with E-state index in [1.807, 2.05) is 7.05 Å². The van der Waals surface area contributed by atoms with Gasteiger partial charge >= 0.3 is 0 Å². The minimum atomic E-state index is -3.85. The Morgan fingerprint density at radius 2 is 1.74 bits per heavy atom. The largest absolute Gasteiger partial charge is 0.365 e. The molecule has 0 radical (unpaired) electrons. The number of aromatic nitrogens is 1. The monoisotopic (exact) mass is 777 g/mol. The lowest BCUT2D eigenvalue weighted by Crippen LogP contribution is -2.59. The molecular weight excluding hydrogens is 730 g/mol. The summed E-state index contributed by atoms with van der Waals surface area (Å²) < 4.78 is 60.9. The lowest BCUT2D eigenvalue weighted by molar-refractivity contribution is -0.906. The Hall–Kier alpha value is -3.44. The molecule has 3 amide bonds. The predicted octanol–water partition coefficient (Wildman–Crippen LogP) is 2.56. The van der Waals surface area contributed by atoms with Gasteiger partial charge in [-0.1, -0.05) is 11.6 Å². The average molecular weight is 778 g/mol. The van der Waals surface area contributed by atoms with Crippen LogP contribution in [0.3, 0.4) is 0 Å². The van der Waals surface area contributed by atoms with Crippen LogP contribution in [0.2, 0.25) is 5.15 Å². The zero-order valence-corrected chi connectivity index (χ0v) is 31.4. The van der Waals surface area contributed by atoms with Gasteiger partial charge in [0.2, 0.25) is 15.9 Å². The third-order valence-corrected chi connectivity index (χ3v) is 14.2. The van der Waals surface area contributed by atoms with Crippen LogP contribution >= 0.6 is 11.6 Å². The number of halogens is 3. The summed E-state index contributed by atoms with van der Waals surface area (Å²) in [6, 6.07) is 7.81. The highest BCUT2D eigenvalue weighted by Gasteiger charge is 2.62. The Morgan fingerprint density at radius 3 is 2.32 bits per heavy atom. The van der Waals surface area contributed by atoms with Crippen molar-refractivity contribution in [2.24, 2.45) is 22.8 Å². The number of nitrogens with one attached hydrogen (secondary N) is 1. The van der Waals surface area contributed by atoms with E-state index >= 15 is 8.78 Å². The molecule has 2 aromatic rings. The number of anilines is 2. The summed E-state index contributed by atoms with van der Waals surface area (Å²) in [5.74, 6) is -4.60. The number of nitrogens with two attached hydrogens (primary N) is 2. The molecule has 5 aliphatic rings. The molecule has 1 aromatic carbocycles. The second-order valence-electron chi connectivity index (χ2n) is 16.1. The molecule has 0 bridgehead atoms. The first-order chi connectivity index (χ1) is 25.0. The number of likely N-dealkylation sites (N-methyl/N-ethyl adjacent to an activating group) is 1. The molecule has 2 saturated carbocycles. The van der Waals surface area contributed by atoms with Gasteiger partial charge in [0.05, 0.1) is 18.5 Å². The molecule has 5 N–H and O–H groups in total. The highest BCUT2D eigenvalue weighted by molar-refractivity contribution is 7.89. The van der Waals surface area contributed by atoms with Crippen molar-refractivity contribution in [1.29, 1.82) is 0 Å². The number of rotatable bonds is 10. The molecule has 288 valence electrons. The van der Waals surface area contributed by atoms with E-state index in [4.69, 9.17) is 23.1 Å². The van der Waals surface area contributed by atoms with Crippen molar-refractivity contribution in [3.8, 4) is 0 Å². The molecular formula is C36H48ClF2N8O5S+. The maximum absolute atomic E-state index is 16.1. The molecule has 5 fully saturated rings. The average Bonchev–Trinajstić information content (AvgIpc) is 3.68. The number of quaternary nitrogens is 1. The van der Waals surface area contributed by atoms with E-state index in [-0.39, 0.29) is 113 Å². The van der Waals surface area contributed by atoms with E-state index in [1.165, 1.54) is 28.6 Å². The molecule has 13 nitrogen and oxygen atoms in total. The summed E-state index contributed by atoms with van der Waals surface area (Å²) in [7, 11) is -1.94. The third kappa shape index (κ3) is 7.62. The fraction of sp³-hybridized carbons (Fsp3) is 0.611. The van der Waals surface area contributed by atoms with Crippen LogP contribution in [0.1, 0.15) is 56.9 Å². The number of hydrogen-bond donors (Lipinski definition) is 3. The summed E-state index contributed by atoms with van der Waals surface area (Å²) >= 11 is 6.31. The van der Waals surface area contributed by atoms with Gasteiger partial charge in [0.15, 0.2) is 12.6 Å². The lowest BCUT2D eigenvalue weighted by atomic mass is 9.80. The van der Waals surface area contributed by atoms with E-state index in [2.05, 4.69) is 10.3 Å². The molecule has 53 heavy (non-hydrogen) atoms. The second kappa shape index (κ2) is 14.0. The summed E-state index contributed by atoms with van der Waals surface area (Å²) in [4.78, 5) is 45.2. The predicted molar refractivity (Wildman–Crippen MR) is 195 cm³/mol. The van der Waals surface area contributed by atoms with Crippen LogP contribution in [0.5, 0.6) is 0 Å². The maximum Gasteiger partial charge on any atom is 0.278 e. The number of pyridine rings is 1. The Bertz CT molecular complexity index is 1870. The number of nitrogens with zero attached hydrogens (tertiary/aromatic N) is 5. The van der Waals surface area contributed by atoms with Gasteiger partial charge in [-0.15, -0.1) is 0 Å². The Labute approximate surface area is 313 Å². The van der Waals surface area contributed by atoms with Crippen molar-refractivity contribution in [3.05, 3.63) is 47.1 Å². The van der Waals surface area contributed by atoms with E-state index in [1.54, 1.807) is 21.9 Å². The van der Waals surface area contributed by atoms with Crippen LogP contribution in [0.4, 0.5) is 20.3 Å². The Morgan fingerprint density at radius 1 is 1.08 bits per heavy atom. The van der Waals surface area contributed by atoms with Crippen LogP contribution in [-0.4, -0.2) is 111 Å². The van der Waals surface area contributed by atoms with Crippen molar-refractivity contribution in [3.63, 3.8) is 0 Å². The number of carbonyl (C=O) groups is 3. The Balaban J connectivity index is 0.948. The first kappa shape index (κ1) is 37.9. The maximum atomic E-state index is 16.1. The smallest absolute Gasteiger partial charge is 0.278 e. The lowest BCUT2D eigenvalue weighted by Gasteiger charge is -2.37. The molecule has 1 aromatic heterocycles. The zero-order valence-electron chi connectivity index (χ0n) is 29.9. The normalized spacial score (nSPS) is 29.1. The molecule has 1 spiro atoms. The highest BCUT2D eigenvalue weighted by atomic mass is 35.5. The van der Waals surface area contributed by atoms with Gasteiger partial charge in [-0.25, -0.2) is 22.2 Å². The van der Waals surface area contributed by atoms with Gasteiger partial charge in [0.1, 0.15) is 11.0 Å². The van der Waals surface area contributed by atoms with Gasteiger partial charge in [-0.2, -0.15) is 4.31 Å². The number of benzene rings is 1. The first-order valence-electron chi connectivity index (χ1n) is 18.4. The van der Waals surface area contributed by atoms with Crippen LogP contribution in [0.15, 0.2) is 41.3 Å². The molecule has 3 aliphatic heterocycles. The van der Waals surface area contributed by atoms with Gasteiger partial charge in [-0.3, -0.25) is 14.4 Å². The first-order valence-corrected chi connectivity index (χ1v) is 20.2. The molecule has 0 unspecified atom stereocenters. The van der Waals surface area contributed by atoms with Crippen LogP contribution in [0.25, 0.3) is 0 Å². The van der Waals surface area contributed by atoms with Crippen molar-refractivity contribution < 1.29 is 36.1 Å². The van der Waals surface area contributed by atoms with E-state index < -0.39 is 27.8 Å². The number of amides is 3. The van der Waals surface area contributed by atoms with Crippen molar-refractivity contribution in [1.82, 2.24) is 14.6 Å². The van der Waals surface area contributed by atoms with Crippen LogP contribution in [0, 0.1) is 11.3 Å². The van der Waals surface area contributed by atoms with E-state index in [0.29, 0.717) is 31.5 Å². The summed E-state index contributed by atoms with van der Waals surface area (Å²) in [5.41, 5.74) is 11.9. The standard InChI is InChI=1S/C36H47ClF2N8O5S/c1-47(21-31(41)48)22-35(10-11-35)19-29(47)34(50)42-26-4-2-23(3-5-26)36(38,39)24-16-30(37)43-32(17-24)44-12-14-45(15-13-44)53(51,52)28-8-6-27(7-9-28)46-20-25(40)18-33(46)49/h6-9,16-17,23,25-26,29H,2-5,10-15,18-22,40H2,1H3,(H2-,41,42,48,50)/p+1/t23?,25-,26?,29+,47-/m1/s1. The van der Waals surface area contributed by atoms with Crippen molar-refractivity contribution in [2.45, 2.75) is 80.3 Å². The molecule has 2 aliphatic carbocycles. The summed E-state index contributed by atoms with van der Waals surface area (Å²) in [6.07, 6.45) is 4.24. The molecule has 17 heteroatoms. The third-order valence-electron chi connectivity index (χ3n) is 12.1. The molecule has 3 saturated heterocycles. The minimum absolute atomic E-state index is 0.0761. The van der Waals surface area contributed by atoms with Crippen LogP contribution in [-0.2, 0) is 30.3 Å². The van der Waals surface area contributed by atoms with E-state index in [0.717, 1.165) is 19.4 Å². The van der Waals surface area contributed by atoms with Gasteiger partial charge in [-0.05, 0) is 74.9 Å². The number of primary amides is 1. The van der Waals surface area contributed by atoms with Crippen molar-refractivity contribution in [2.75, 3.05) is 62.7 Å². The number of hydrogen-bond acceptors (Lipinski definition) is 8. The fourth-order valence-corrected chi connectivity index (χ4v) is 10.7. The Kier molecular flexibility index (Phi) is 10.0. The highest BCUT2D eigenvalue weighted by Crippen LogP contribution is 2.57.